The Morgan fingerprint density at radius 1 is 1.21 bits per heavy atom. The molecule has 0 spiro atoms. The molecule has 3 heterocycles. The molecule has 1 unspecified atom stereocenters. The Labute approximate surface area is 206 Å². The van der Waals surface area contributed by atoms with Crippen molar-refractivity contribution in [1.29, 1.82) is 0 Å². The Balaban J connectivity index is 1.87. The van der Waals surface area contributed by atoms with E-state index in [1.807, 2.05) is 24.3 Å². The van der Waals surface area contributed by atoms with E-state index in [1.54, 1.807) is 36.6 Å². The molecule has 0 saturated carbocycles. The number of hydrogen-bond donors (Lipinski definition) is 0. The molecule has 0 fully saturated rings. The number of halogens is 1. The average molecular weight is 500 g/mol. The highest BCUT2D eigenvalue weighted by Gasteiger charge is 2.33. The van der Waals surface area contributed by atoms with Gasteiger partial charge in [-0.1, -0.05) is 35.1 Å². The molecule has 0 N–H and O–H groups in total. The van der Waals surface area contributed by atoms with E-state index in [0.29, 0.717) is 31.4 Å². The number of carbonyl (C=O) groups excluding carboxylic acids is 1. The first-order valence-corrected chi connectivity index (χ1v) is 12.4. The van der Waals surface area contributed by atoms with Crippen LogP contribution in [0.15, 0.2) is 61.9 Å². The first-order valence-electron chi connectivity index (χ1n) is 11.2. The van der Waals surface area contributed by atoms with Crippen molar-refractivity contribution >= 4 is 40.9 Å². The summed E-state index contributed by atoms with van der Waals surface area (Å²) in [6.45, 7) is 9.49. The van der Waals surface area contributed by atoms with E-state index in [1.165, 1.54) is 11.3 Å². The van der Waals surface area contributed by atoms with Crippen LogP contribution in [0.3, 0.4) is 0 Å². The Morgan fingerprint density at radius 2 is 1.91 bits per heavy atom. The number of aromatic nitrogens is 1. The Morgan fingerprint density at radius 3 is 2.56 bits per heavy atom. The van der Waals surface area contributed by atoms with E-state index >= 15 is 0 Å². The van der Waals surface area contributed by atoms with Crippen LogP contribution >= 0.6 is 22.9 Å². The van der Waals surface area contributed by atoms with E-state index in [-0.39, 0.29) is 12.2 Å². The van der Waals surface area contributed by atoms with Gasteiger partial charge in [-0.15, -0.1) is 0 Å². The molecule has 34 heavy (non-hydrogen) atoms. The van der Waals surface area contributed by atoms with E-state index in [0.717, 1.165) is 24.5 Å². The zero-order chi connectivity index (χ0) is 24.4. The predicted molar refractivity (Wildman–Crippen MR) is 134 cm³/mol. The Kier molecular flexibility index (Phi) is 7.09. The van der Waals surface area contributed by atoms with Crippen LogP contribution in [-0.4, -0.2) is 30.2 Å². The molecule has 3 aromatic rings. The normalized spacial score (nSPS) is 15.8. The van der Waals surface area contributed by atoms with Gasteiger partial charge in [0.2, 0.25) is 0 Å². The molecule has 7 nitrogen and oxygen atoms in total. The molecule has 0 radical (unpaired) electrons. The van der Waals surface area contributed by atoms with E-state index in [4.69, 9.17) is 20.8 Å². The summed E-state index contributed by atoms with van der Waals surface area (Å²) in [6, 6.07) is 10.2. The van der Waals surface area contributed by atoms with Crippen LogP contribution in [0.25, 0.3) is 6.08 Å². The van der Waals surface area contributed by atoms with E-state index < -0.39 is 12.0 Å². The van der Waals surface area contributed by atoms with Crippen LogP contribution in [-0.2, 0) is 9.53 Å². The van der Waals surface area contributed by atoms with Crippen molar-refractivity contribution in [3.05, 3.63) is 83.7 Å². The van der Waals surface area contributed by atoms with Gasteiger partial charge in [-0.25, -0.2) is 9.79 Å². The summed E-state index contributed by atoms with van der Waals surface area (Å²) >= 11 is 7.35. The number of benzene rings is 1. The van der Waals surface area contributed by atoms with Gasteiger partial charge >= 0.3 is 5.97 Å². The molecule has 1 aliphatic heterocycles. The Hall–Kier alpha value is -3.10. The second-order valence-electron chi connectivity index (χ2n) is 7.70. The van der Waals surface area contributed by atoms with Gasteiger partial charge in [-0.2, -0.15) is 0 Å². The van der Waals surface area contributed by atoms with Crippen LogP contribution in [0, 0.1) is 0 Å². The Bertz CT molecular complexity index is 1410. The highest BCUT2D eigenvalue weighted by atomic mass is 35.5. The smallest absolute Gasteiger partial charge is 0.338 e. The number of anilines is 1. The van der Waals surface area contributed by atoms with E-state index in [2.05, 4.69) is 23.7 Å². The largest absolute Gasteiger partial charge is 0.463 e. The zero-order valence-corrected chi connectivity index (χ0v) is 21.1. The summed E-state index contributed by atoms with van der Waals surface area (Å²) in [6.07, 6.45) is 1.72. The van der Waals surface area contributed by atoms with Gasteiger partial charge in [0, 0.05) is 30.3 Å². The lowest BCUT2D eigenvalue weighted by atomic mass is 9.96. The van der Waals surface area contributed by atoms with Crippen LogP contribution < -0.4 is 19.8 Å². The first-order chi connectivity index (χ1) is 16.4. The number of carbonyl (C=O) groups is 1. The van der Waals surface area contributed by atoms with Crippen LogP contribution in [0.5, 0.6) is 0 Å². The van der Waals surface area contributed by atoms with Crippen molar-refractivity contribution in [2.75, 3.05) is 24.6 Å². The molecule has 9 heteroatoms. The molecular weight excluding hydrogens is 474 g/mol. The van der Waals surface area contributed by atoms with Crippen molar-refractivity contribution in [3.8, 4) is 0 Å². The van der Waals surface area contributed by atoms with Crippen molar-refractivity contribution < 1.29 is 13.9 Å². The molecule has 178 valence electrons. The summed E-state index contributed by atoms with van der Waals surface area (Å²) in [5.41, 5.74) is 1.35. The van der Waals surface area contributed by atoms with Gasteiger partial charge in [-0.05, 0) is 51.5 Å². The molecule has 2 aromatic heterocycles. The maximum atomic E-state index is 13.6. The summed E-state index contributed by atoms with van der Waals surface area (Å²) in [4.78, 5) is 33.7. The van der Waals surface area contributed by atoms with E-state index in [9.17, 15) is 9.59 Å². The summed E-state index contributed by atoms with van der Waals surface area (Å²) < 4.78 is 13.3. The maximum Gasteiger partial charge on any atom is 0.338 e. The monoisotopic (exact) mass is 499 g/mol. The number of furan rings is 1. The first kappa shape index (κ1) is 24.0. The molecule has 0 saturated heterocycles. The molecule has 0 amide bonds. The van der Waals surface area contributed by atoms with Gasteiger partial charge in [-0.3, -0.25) is 9.36 Å². The minimum Gasteiger partial charge on any atom is -0.463 e. The second kappa shape index (κ2) is 10.0. The average Bonchev–Trinajstić information content (AvgIpc) is 3.39. The van der Waals surface area contributed by atoms with Gasteiger partial charge in [0.1, 0.15) is 5.76 Å². The minimum absolute atomic E-state index is 0.223. The number of hydrogen-bond acceptors (Lipinski definition) is 7. The van der Waals surface area contributed by atoms with Crippen molar-refractivity contribution in [2.24, 2.45) is 4.99 Å². The van der Waals surface area contributed by atoms with Crippen LogP contribution in [0.1, 0.15) is 45.1 Å². The fraction of sp³-hybridized carbons (Fsp3) is 0.320. The van der Waals surface area contributed by atoms with Gasteiger partial charge in [0.15, 0.2) is 10.7 Å². The van der Waals surface area contributed by atoms with Crippen molar-refractivity contribution in [1.82, 2.24) is 4.57 Å². The van der Waals surface area contributed by atoms with Crippen molar-refractivity contribution in [2.45, 2.75) is 33.7 Å². The van der Waals surface area contributed by atoms with Gasteiger partial charge in [0.25, 0.3) is 5.56 Å². The molecule has 0 bridgehead atoms. The quantitative estimate of drug-likeness (QED) is 0.461. The number of thiazole rings is 1. The maximum absolute atomic E-state index is 13.6. The lowest BCUT2D eigenvalue weighted by Crippen LogP contribution is -2.39. The summed E-state index contributed by atoms with van der Waals surface area (Å²) in [5.74, 6) is 0.841. The zero-order valence-electron chi connectivity index (χ0n) is 19.5. The highest BCUT2D eigenvalue weighted by molar-refractivity contribution is 7.07. The van der Waals surface area contributed by atoms with Crippen LogP contribution in [0.4, 0.5) is 5.88 Å². The summed E-state index contributed by atoms with van der Waals surface area (Å²) in [5, 5.41) is 0.566. The third-order valence-electron chi connectivity index (χ3n) is 5.66. The minimum atomic E-state index is -0.669. The number of ether oxygens (including phenoxy) is 1. The fourth-order valence-electron chi connectivity index (χ4n) is 4.01. The molecule has 1 aliphatic rings. The molecule has 1 aromatic carbocycles. The number of rotatable bonds is 7. The summed E-state index contributed by atoms with van der Waals surface area (Å²) in [7, 11) is 0. The van der Waals surface area contributed by atoms with Gasteiger partial charge in [0.05, 0.1) is 28.5 Å². The lowest BCUT2D eigenvalue weighted by molar-refractivity contribution is -0.139. The highest BCUT2D eigenvalue weighted by Crippen LogP contribution is 2.31. The van der Waals surface area contributed by atoms with Gasteiger partial charge < -0.3 is 14.1 Å². The number of fused-ring (bicyclic) bond motifs is 1. The standard InChI is InChI=1S/C25H26ClN3O4S/c1-5-28(6-2)20-13-12-18(33-20)14-19-23(30)29-22(16-8-10-17(26)11-9-16)21(24(31)32-7-3)15(4)27-25(29)34-19/h8-14,22H,5-7H2,1-4H3. The van der Waals surface area contributed by atoms with Crippen molar-refractivity contribution in [3.63, 3.8) is 0 Å². The number of nitrogens with zero attached hydrogens (tertiary/aromatic N) is 3. The SMILES string of the molecule is CCOC(=O)C1=C(C)N=c2sc(=Cc3ccc(N(CC)CC)o3)c(=O)n2C1c1ccc(Cl)cc1. The number of allylic oxidation sites excluding steroid dienone is 1. The molecule has 4 rings (SSSR count). The lowest BCUT2D eigenvalue weighted by Gasteiger charge is -2.24. The second-order valence-corrected chi connectivity index (χ2v) is 9.15. The molecular formula is C25H26ClN3O4S. The van der Waals surface area contributed by atoms with Crippen LogP contribution in [0.2, 0.25) is 5.02 Å². The predicted octanol–water partition coefficient (Wildman–Crippen LogP) is 3.89. The number of esters is 1. The molecule has 0 aliphatic carbocycles. The fourth-order valence-corrected chi connectivity index (χ4v) is 5.16. The third-order valence-corrected chi connectivity index (χ3v) is 6.90. The topological polar surface area (TPSA) is 77.0 Å². The third kappa shape index (κ3) is 4.48. The molecule has 1 atom stereocenters.